The van der Waals surface area contributed by atoms with Gasteiger partial charge in [-0.05, 0) is 54.0 Å². The van der Waals surface area contributed by atoms with Crippen LogP contribution in [0.15, 0.2) is 90.6 Å². The van der Waals surface area contributed by atoms with E-state index in [0.717, 1.165) is 28.0 Å². The molecule has 9 heteroatoms. The summed E-state index contributed by atoms with van der Waals surface area (Å²) in [6.45, 7) is 12.1. The first-order chi connectivity index (χ1) is 19.7. The summed E-state index contributed by atoms with van der Waals surface area (Å²) in [6.07, 6.45) is 3.50. The SMILES string of the molecule is C=C/C=C(\C(=C)Cl)N1CCN(C(=O)c2cc(-c3ccccc3C)c3c(c2)N(c2c(Cl)cccc2Cl)C(=O)NC3)CC1. The van der Waals surface area contributed by atoms with Gasteiger partial charge in [0.2, 0.25) is 0 Å². The van der Waals surface area contributed by atoms with Crippen LogP contribution in [0.25, 0.3) is 11.1 Å². The lowest BCUT2D eigenvalue weighted by atomic mass is 9.91. The summed E-state index contributed by atoms with van der Waals surface area (Å²) < 4.78 is 0. The van der Waals surface area contributed by atoms with Gasteiger partial charge in [0.25, 0.3) is 5.91 Å². The maximum Gasteiger partial charge on any atom is 0.326 e. The Bertz CT molecular complexity index is 1570. The van der Waals surface area contributed by atoms with Crippen LogP contribution in [0.4, 0.5) is 16.2 Å². The number of carbonyl (C=O) groups is 2. The molecule has 3 aromatic carbocycles. The first kappa shape index (κ1) is 28.8. The quantitative estimate of drug-likeness (QED) is 0.290. The number of carbonyl (C=O) groups excluding carboxylic acids is 2. The first-order valence-electron chi connectivity index (χ1n) is 13.2. The van der Waals surface area contributed by atoms with Crippen molar-refractivity contribution in [1.29, 1.82) is 0 Å². The Labute approximate surface area is 255 Å². The molecule has 0 aliphatic carbocycles. The molecule has 1 fully saturated rings. The number of halogens is 3. The van der Waals surface area contributed by atoms with Gasteiger partial charge in [0, 0.05) is 43.9 Å². The van der Waals surface area contributed by atoms with Crippen molar-refractivity contribution in [1.82, 2.24) is 15.1 Å². The smallest absolute Gasteiger partial charge is 0.326 e. The molecule has 5 rings (SSSR count). The van der Waals surface area contributed by atoms with Crippen molar-refractivity contribution in [2.75, 3.05) is 31.1 Å². The zero-order valence-electron chi connectivity index (χ0n) is 22.6. The lowest BCUT2D eigenvalue weighted by Gasteiger charge is -2.37. The van der Waals surface area contributed by atoms with Gasteiger partial charge in [-0.2, -0.15) is 0 Å². The van der Waals surface area contributed by atoms with E-state index in [0.29, 0.717) is 64.7 Å². The van der Waals surface area contributed by atoms with Gasteiger partial charge in [-0.3, -0.25) is 9.69 Å². The molecule has 0 bridgehead atoms. The number of piperazine rings is 1. The molecule has 0 spiro atoms. The maximum atomic E-state index is 14.0. The number of aryl methyl sites for hydroxylation is 1. The van der Waals surface area contributed by atoms with E-state index in [4.69, 9.17) is 34.8 Å². The van der Waals surface area contributed by atoms with Crippen LogP contribution in [0, 0.1) is 6.92 Å². The fourth-order valence-electron chi connectivity index (χ4n) is 5.37. The molecule has 3 aromatic rings. The number of hydrogen-bond donors (Lipinski definition) is 1. The monoisotopic (exact) mass is 606 g/mol. The molecule has 0 aromatic heterocycles. The van der Waals surface area contributed by atoms with E-state index in [-0.39, 0.29) is 11.9 Å². The van der Waals surface area contributed by atoms with Crippen molar-refractivity contribution in [2.45, 2.75) is 13.5 Å². The van der Waals surface area contributed by atoms with Crippen LogP contribution in [-0.4, -0.2) is 47.9 Å². The number of amides is 3. The number of hydrogen-bond acceptors (Lipinski definition) is 3. The van der Waals surface area contributed by atoms with Gasteiger partial charge in [-0.1, -0.05) is 84.4 Å². The van der Waals surface area contributed by atoms with Crippen molar-refractivity contribution < 1.29 is 9.59 Å². The second-order valence-corrected chi connectivity index (χ2v) is 11.1. The zero-order valence-corrected chi connectivity index (χ0v) is 24.9. The maximum absolute atomic E-state index is 14.0. The van der Waals surface area contributed by atoms with Crippen LogP contribution in [0.5, 0.6) is 0 Å². The van der Waals surface area contributed by atoms with Gasteiger partial charge in [0.05, 0.1) is 32.1 Å². The largest absolute Gasteiger partial charge is 0.367 e. The van der Waals surface area contributed by atoms with Gasteiger partial charge in [0.15, 0.2) is 0 Å². The Morgan fingerprint density at radius 1 is 0.951 bits per heavy atom. The van der Waals surface area contributed by atoms with E-state index in [1.54, 1.807) is 30.3 Å². The summed E-state index contributed by atoms with van der Waals surface area (Å²) >= 11 is 19.4. The van der Waals surface area contributed by atoms with E-state index < -0.39 is 0 Å². The standard InChI is InChI=1S/C32H29Cl3N4O2/c1-4-8-28(21(3)33)37-13-15-38(16-14-37)31(40)22-17-24(23-10-6-5-9-20(23)2)25-19-36-32(41)39(29(25)18-22)30-26(34)11-7-12-27(30)35/h4-12,17-18H,1,3,13-16,19H2,2H3,(H,36,41)/b28-8+. The topological polar surface area (TPSA) is 55.9 Å². The second kappa shape index (κ2) is 12.0. The van der Waals surface area contributed by atoms with Crippen LogP contribution in [0.2, 0.25) is 10.0 Å². The van der Waals surface area contributed by atoms with Gasteiger partial charge in [-0.15, -0.1) is 0 Å². The van der Waals surface area contributed by atoms with Crippen molar-refractivity contribution in [3.63, 3.8) is 0 Å². The van der Waals surface area contributed by atoms with Crippen LogP contribution in [0.3, 0.4) is 0 Å². The molecule has 0 saturated carbocycles. The minimum absolute atomic E-state index is 0.127. The van der Waals surface area contributed by atoms with Crippen LogP contribution < -0.4 is 10.2 Å². The molecule has 6 nitrogen and oxygen atoms in total. The highest BCUT2D eigenvalue weighted by atomic mass is 35.5. The first-order valence-corrected chi connectivity index (χ1v) is 14.3. The fourth-order valence-corrected chi connectivity index (χ4v) is 6.12. The third-order valence-corrected chi connectivity index (χ3v) is 8.19. The summed E-state index contributed by atoms with van der Waals surface area (Å²) in [5, 5.41) is 4.04. The van der Waals surface area contributed by atoms with Crippen LogP contribution in [0.1, 0.15) is 21.5 Å². The molecular weight excluding hydrogens is 579 g/mol. The van der Waals surface area contributed by atoms with Gasteiger partial charge in [-0.25, -0.2) is 4.79 Å². The molecular formula is C32H29Cl3N4O2. The fraction of sp³-hybridized carbons (Fsp3) is 0.188. The minimum atomic E-state index is -0.371. The molecule has 1 N–H and O–H groups in total. The van der Waals surface area contributed by atoms with E-state index in [2.05, 4.69) is 23.4 Å². The Morgan fingerprint density at radius 2 is 1.61 bits per heavy atom. The highest BCUT2D eigenvalue weighted by Crippen LogP contribution is 2.44. The number of anilines is 2. The Morgan fingerprint density at radius 3 is 2.24 bits per heavy atom. The van der Waals surface area contributed by atoms with Gasteiger partial charge >= 0.3 is 6.03 Å². The molecule has 3 amide bonds. The van der Waals surface area contributed by atoms with Crippen molar-refractivity contribution in [3.8, 4) is 11.1 Å². The van der Waals surface area contributed by atoms with E-state index in [9.17, 15) is 9.59 Å². The van der Waals surface area contributed by atoms with Gasteiger partial charge in [0.1, 0.15) is 0 Å². The molecule has 0 unspecified atom stereocenters. The highest BCUT2D eigenvalue weighted by molar-refractivity contribution is 6.40. The number of nitrogens with zero attached hydrogens (tertiary/aromatic N) is 3. The summed E-state index contributed by atoms with van der Waals surface area (Å²) in [5.74, 6) is -0.127. The van der Waals surface area contributed by atoms with Gasteiger partial charge < -0.3 is 15.1 Å². The van der Waals surface area contributed by atoms with Crippen LogP contribution in [-0.2, 0) is 6.54 Å². The van der Waals surface area contributed by atoms with E-state index >= 15 is 0 Å². The predicted molar refractivity (Wildman–Crippen MR) is 168 cm³/mol. The predicted octanol–water partition coefficient (Wildman–Crippen LogP) is 7.91. The third-order valence-electron chi connectivity index (χ3n) is 7.39. The van der Waals surface area contributed by atoms with Crippen molar-refractivity contribution in [2.24, 2.45) is 0 Å². The Hall–Kier alpha value is -3.71. The second-order valence-electron chi connectivity index (χ2n) is 9.87. The number of allylic oxidation sites excluding steroid dienone is 3. The van der Waals surface area contributed by atoms with Crippen molar-refractivity contribution in [3.05, 3.63) is 117 Å². The number of fused-ring (bicyclic) bond motifs is 1. The molecule has 1 saturated heterocycles. The average Bonchev–Trinajstić information content (AvgIpc) is 2.96. The minimum Gasteiger partial charge on any atom is -0.367 e. The number of nitrogens with one attached hydrogen (secondary N) is 1. The van der Waals surface area contributed by atoms with E-state index in [1.165, 1.54) is 4.90 Å². The average molecular weight is 608 g/mol. The van der Waals surface area contributed by atoms with Crippen molar-refractivity contribution >= 4 is 58.1 Å². The highest BCUT2D eigenvalue weighted by Gasteiger charge is 2.33. The summed E-state index contributed by atoms with van der Waals surface area (Å²) in [7, 11) is 0. The van der Waals surface area contributed by atoms with E-state index in [1.807, 2.05) is 48.2 Å². The van der Waals surface area contributed by atoms with Crippen LogP contribution >= 0.6 is 34.8 Å². The molecule has 210 valence electrons. The summed E-state index contributed by atoms with van der Waals surface area (Å²) in [6, 6.07) is 16.4. The number of rotatable bonds is 6. The zero-order chi connectivity index (χ0) is 29.3. The number of urea groups is 1. The molecule has 0 atom stereocenters. The molecule has 2 heterocycles. The number of benzene rings is 3. The molecule has 0 radical (unpaired) electrons. The lowest BCUT2D eigenvalue weighted by molar-refractivity contribution is 0.0672. The summed E-state index contributed by atoms with van der Waals surface area (Å²) in [4.78, 5) is 32.7. The summed E-state index contributed by atoms with van der Waals surface area (Å²) in [5.41, 5.74) is 5.97. The Balaban J connectivity index is 1.59. The molecule has 2 aliphatic heterocycles. The molecule has 41 heavy (non-hydrogen) atoms. The lowest BCUT2D eigenvalue weighted by Crippen LogP contribution is -2.48. The number of para-hydroxylation sites is 1. The normalized spacial score (nSPS) is 15.4. The Kier molecular flexibility index (Phi) is 8.45. The molecule has 2 aliphatic rings. The third kappa shape index (κ3) is 5.60.